The highest BCUT2D eigenvalue weighted by Gasteiger charge is 2.23. The number of carbonyl (C=O) groups excluding carboxylic acids is 2. The van der Waals surface area contributed by atoms with Crippen molar-refractivity contribution in [2.45, 2.75) is 45.6 Å². The average molecular weight is 305 g/mol. The number of rotatable bonds is 4. The minimum Gasteiger partial charge on any atom is -0.507 e. The molecule has 22 heavy (non-hydrogen) atoms. The van der Waals surface area contributed by atoms with Crippen molar-refractivity contribution in [3.05, 3.63) is 29.3 Å². The normalized spacial score (nSPS) is 21.2. The number of hydrogen-bond acceptors (Lipinski definition) is 4. The Bertz CT molecular complexity index is 556. The number of benzene rings is 1. The second-order valence-electron chi connectivity index (χ2n) is 5.98. The summed E-state index contributed by atoms with van der Waals surface area (Å²) in [5, 5.41) is 12.8. The molecule has 0 unspecified atom stereocenters. The van der Waals surface area contributed by atoms with Gasteiger partial charge in [0.15, 0.2) is 6.61 Å². The third-order valence-corrected chi connectivity index (χ3v) is 4.25. The minimum atomic E-state index is -0.687. The maximum atomic E-state index is 11.9. The van der Waals surface area contributed by atoms with Crippen molar-refractivity contribution in [3.8, 4) is 5.75 Å². The molecule has 0 saturated heterocycles. The average Bonchev–Trinajstić information content (AvgIpc) is 2.50. The predicted octanol–water partition coefficient (Wildman–Crippen LogP) is 2.55. The largest absolute Gasteiger partial charge is 0.507 e. The monoisotopic (exact) mass is 305 g/mol. The summed E-state index contributed by atoms with van der Waals surface area (Å²) in [4.78, 5) is 23.8. The van der Waals surface area contributed by atoms with Crippen molar-refractivity contribution in [2.75, 3.05) is 6.61 Å². The molecule has 0 aliphatic heterocycles. The van der Waals surface area contributed by atoms with Gasteiger partial charge >= 0.3 is 5.97 Å². The lowest BCUT2D eigenvalue weighted by Crippen LogP contribution is -2.42. The lowest BCUT2D eigenvalue weighted by molar-refractivity contribution is -0.125. The zero-order valence-electron chi connectivity index (χ0n) is 13.1. The first-order valence-corrected chi connectivity index (χ1v) is 7.74. The Hall–Kier alpha value is -2.04. The second-order valence-corrected chi connectivity index (χ2v) is 5.98. The van der Waals surface area contributed by atoms with E-state index in [-0.39, 0.29) is 29.9 Å². The predicted molar refractivity (Wildman–Crippen MR) is 82.7 cm³/mol. The van der Waals surface area contributed by atoms with Crippen LogP contribution in [0, 0.1) is 12.8 Å². The Kier molecular flexibility index (Phi) is 5.41. The first-order chi connectivity index (χ1) is 10.5. The number of esters is 1. The van der Waals surface area contributed by atoms with Crippen LogP contribution >= 0.6 is 0 Å². The van der Waals surface area contributed by atoms with Crippen LogP contribution in [0.25, 0.3) is 0 Å². The van der Waals surface area contributed by atoms with Crippen LogP contribution in [0.3, 0.4) is 0 Å². The van der Waals surface area contributed by atoms with Gasteiger partial charge in [-0.05, 0) is 37.3 Å². The fourth-order valence-corrected chi connectivity index (χ4v) is 2.81. The van der Waals surface area contributed by atoms with Gasteiger partial charge in [0.2, 0.25) is 0 Å². The molecule has 1 aromatic carbocycles. The summed E-state index contributed by atoms with van der Waals surface area (Å²) in [6.45, 7) is 3.50. The molecule has 2 N–H and O–H groups in total. The van der Waals surface area contributed by atoms with E-state index in [9.17, 15) is 14.7 Å². The molecule has 2 atom stereocenters. The summed E-state index contributed by atoms with van der Waals surface area (Å²) in [7, 11) is 0. The maximum Gasteiger partial charge on any atom is 0.342 e. The fourth-order valence-electron chi connectivity index (χ4n) is 2.81. The molecule has 1 amide bonds. The minimum absolute atomic E-state index is 0.0823. The molecule has 0 aromatic heterocycles. The number of carbonyl (C=O) groups is 2. The van der Waals surface area contributed by atoms with E-state index in [0.717, 1.165) is 19.3 Å². The van der Waals surface area contributed by atoms with Gasteiger partial charge in [0.25, 0.3) is 5.91 Å². The van der Waals surface area contributed by atoms with Gasteiger partial charge in [0.1, 0.15) is 11.3 Å². The van der Waals surface area contributed by atoms with E-state index >= 15 is 0 Å². The molecule has 5 heteroatoms. The standard InChI is InChI=1S/C17H23NO4/c1-11-6-3-4-9-14(11)18-15(19)10-22-17(21)13-8-5-7-12(2)16(13)20/h5,7-8,11,14,20H,3-4,6,9-10H2,1-2H3,(H,18,19)/t11-,14-/m0/s1. The van der Waals surface area contributed by atoms with Gasteiger partial charge in [-0.25, -0.2) is 4.79 Å². The number of aromatic hydroxyl groups is 1. The molecule has 1 aromatic rings. The van der Waals surface area contributed by atoms with E-state index in [1.807, 2.05) is 0 Å². The Morgan fingerprint density at radius 2 is 2.05 bits per heavy atom. The molecule has 0 spiro atoms. The molecule has 2 rings (SSSR count). The van der Waals surface area contributed by atoms with Crippen LogP contribution in [-0.2, 0) is 9.53 Å². The van der Waals surface area contributed by atoms with Crippen LogP contribution in [0.1, 0.15) is 48.5 Å². The van der Waals surface area contributed by atoms with E-state index in [4.69, 9.17) is 4.74 Å². The van der Waals surface area contributed by atoms with Crippen LogP contribution in [0.2, 0.25) is 0 Å². The molecule has 0 radical (unpaired) electrons. The third kappa shape index (κ3) is 4.00. The first-order valence-electron chi connectivity index (χ1n) is 7.74. The van der Waals surface area contributed by atoms with Gasteiger partial charge in [0, 0.05) is 6.04 Å². The molecular formula is C17H23NO4. The molecule has 5 nitrogen and oxygen atoms in total. The second kappa shape index (κ2) is 7.29. The Morgan fingerprint density at radius 1 is 1.32 bits per heavy atom. The van der Waals surface area contributed by atoms with Crippen LogP contribution in [-0.4, -0.2) is 29.6 Å². The number of phenols is 1. The lowest BCUT2D eigenvalue weighted by Gasteiger charge is -2.29. The summed E-state index contributed by atoms with van der Waals surface area (Å²) in [6.07, 6.45) is 4.41. The van der Waals surface area contributed by atoms with Crippen LogP contribution in [0.5, 0.6) is 5.75 Å². The summed E-state index contributed by atoms with van der Waals surface area (Å²) in [5.41, 5.74) is 0.675. The smallest absolute Gasteiger partial charge is 0.342 e. The number of para-hydroxylation sites is 1. The highest BCUT2D eigenvalue weighted by molar-refractivity contribution is 5.94. The van der Waals surface area contributed by atoms with Gasteiger partial charge in [0.05, 0.1) is 0 Å². The molecule has 1 fully saturated rings. The van der Waals surface area contributed by atoms with E-state index in [1.54, 1.807) is 19.1 Å². The summed E-state index contributed by atoms with van der Waals surface area (Å²) in [6, 6.07) is 5.00. The highest BCUT2D eigenvalue weighted by Crippen LogP contribution is 2.24. The van der Waals surface area contributed by atoms with Gasteiger partial charge in [-0.1, -0.05) is 31.9 Å². The number of hydrogen-bond donors (Lipinski definition) is 2. The van der Waals surface area contributed by atoms with Crippen molar-refractivity contribution < 1.29 is 19.4 Å². The Labute approximate surface area is 130 Å². The number of ether oxygens (including phenoxy) is 1. The Balaban J connectivity index is 1.85. The molecule has 1 aliphatic rings. The highest BCUT2D eigenvalue weighted by atomic mass is 16.5. The van der Waals surface area contributed by atoms with Crippen LogP contribution < -0.4 is 5.32 Å². The first kappa shape index (κ1) is 16.3. The number of nitrogens with one attached hydrogen (secondary N) is 1. The number of amides is 1. The van der Waals surface area contributed by atoms with E-state index in [2.05, 4.69) is 12.2 Å². The molecule has 1 aliphatic carbocycles. The topological polar surface area (TPSA) is 75.6 Å². The van der Waals surface area contributed by atoms with Gasteiger partial charge in [-0.3, -0.25) is 4.79 Å². The van der Waals surface area contributed by atoms with Crippen molar-refractivity contribution in [2.24, 2.45) is 5.92 Å². The third-order valence-electron chi connectivity index (χ3n) is 4.25. The quantitative estimate of drug-likeness (QED) is 0.838. The van der Waals surface area contributed by atoms with Crippen molar-refractivity contribution >= 4 is 11.9 Å². The molecule has 1 saturated carbocycles. The molecule has 0 heterocycles. The summed E-state index contributed by atoms with van der Waals surface area (Å²) in [5.74, 6) is -0.629. The SMILES string of the molecule is Cc1cccc(C(=O)OCC(=O)N[C@H]2CCCC[C@@H]2C)c1O. The molecule has 120 valence electrons. The zero-order valence-corrected chi connectivity index (χ0v) is 13.1. The van der Waals surface area contributed by atoms with Crippen LogP contribution in [0.15, 0.2) is 18.2 Å². The lowest BCUT2D eigenvalue weighted by atomic mass is 9.86. The van der Waals surface area contributed by atoms with E-state index < -0.39 is 5.97 Å². The van der Waals surface area contributed by atoms with Crippen LogP contribution in [0.4, 0.5) is 0 Å². The molecular weight excluding hydrogens is 282 g/mol. The zero-order chi connectivity index (χ0) is 16.1. The Morgan fingerprint density at radius 3 is 2.77 bits per heavy atom. The van der Waals surface area contributed by atoms with Crippen molar-refractivity contribution in [3.63, 3.8) is 0 Å². The van der Waals surface area contributed by atoms with E-state index in [1.165, 1.54) is 12.5 Å². The number of aryl methyl sites for hydroxylation is 1. The van der Waals surface area contributed by atoms with Gasteiger partial charge in [-0.15, -0.1) is 0 Å². The summed E-state index contributed by atoms with van der Waals surface area (Å²) >= 11 is 0. The van der Waals surface area contributed by atoms with Gasteiger partial charge < -0.3 is 15.2 Å². The number of phenolic OH excluding ortho intramolecular Hbond substituents is 1. The summed E-state index contributed by atoms with van der Waals surface area (Å²) < 4.78 is 4.99. The van der Waals surface area contributed by atoms with Crippen molar-refractivity contribution in [1.29, 1.82) is 0 Å². The molecule has 0 bridgehead atoms. The fraction of sp³-hybridized carbons (Fsp3) is 0.529. The maximum absolute atomic E-state index is 11.9. The van der Waals surface area contributed by atoms with Gasteiger partial charge in [-0.2, -0.15) is 0 Å². The van der Waals surface area contributed by atoms with Crippen molar-refractivity contribution in [1.82, 2.24) is 5.32 Å². The van der Waals surface area contributed by atoms with E-state index in [0.29, 0.717) is 11.5 Å².